The maximum absolute atomic E-state index is 11.9. The van der Waals surface area contributed by atoms with Gasteiger partial charge in [0.15, 0.2) is 5.75 Å². The van der Waals surface area contributed by atoms with Crippen LogP contribution >= 0.6 is 0 Å². The second-order valence-corrected chi connectivity index (χ2v) is 5.98. The summed E-state index contributed by atoms with van der Waals surface area (Å²) in [6.07, 6.45) is 2.79. The predicted octanol–water partition coefficient (Wildman–Crippen LogP) is 2.89. The minimum atomic E-state index is -0.261. The molecule has 0 unspecified atom stereocenters. The lowest BCUT2D eigenvalue weighted by molar-refractivity contribution is -0.145. The van der Waals surface area contributed by atoms with Gasteiger partial charge in [-0.2, -0.15) is 0 Å². The fourth-order valence-corrected chi connectivity index (χ4v) is 1.65. The number of rotatable bonds is 8. The standard InChI is InChI=1S/C16H25NO4/c1-11(2)5-6-20-15-9-17-13(8-14(15)18)10-21-16(19)7-12(3)4/h8-9,11-12H,5-7,10H2,1-4H3,(H,17,18). The molecule has 0 saturated carbocycles. The van der Waals surface area contributed by atoms with Crippen molar-refractivity contribution in [2.24, 2.45) is 11.8 Å². The van der Waals surface area contributed by atoms with Gasteiger partial charge in [-0.25, -0.2) is 0 Å². The quantitative estimate of drug-likeness (QED) is 0.749. The van der Waals surface area contributed by atoms with Crippen LogP contribution < -0.4 is 10.2 Å². The summed E-state index contributed by atoms with van der Waals surface area (Å²) in [6.45, 7) is 8.69. The van der Waals surface area contributed by atoms with Gasteiger partial charge in [-0.15, -0.1) is 0 Å². The van der Waals surface area contributed by atoms with Gasteiger partial charge in [-0.1, -0.05) is 27.7 Å². The summed E-state index contributed by atoms with van der Waals surface area (Å²) in [7, 11) is 0. The number of H-pyrrole nitrogens is 1. The first-order chi connectivity index (χ1) is 9.88. The summed E-state index contributed by atoms with van der Waals surface area (Å²) in [5, 5.41) is 0. The van der Waals surface area contributed by atoms with E-state index in [2.05, 4.69) is 18.8 Å². The number of nitrogens with one attached hydrogen (secondary N) is 1. The number of carbonyl (C=O) groups excluding carboxylic acids is 1. The highest BCUT2D eigenvalue weighted by atomic mass is 16.5. The van der Waals surface area contributed by atoms with Crippen molar-refractivity contribution in [1.29, 1.82) is 0 Å². The van der Waals surface area contributed by atoms with Gasteiger partial charge in [0.1, 0.15) is 6.61 Å². The summed E-state index contributed by atoms with van der Waals surface area (Å²) < 4.78 is 10.5. The molecule has 1 rings (SSSR count). The van der Waals surface area contributed by atoms with E-state index in [1.54, 1.807) is 0 Å². The van der Waals surface area contributed by atoms with E-state index in [4.69, 9.17) is 9.47 Å². The zero-order chi connectivity index (χ0) is 15.8. The summed E-state index contributed by atoms with van der Waals surface area (Å²) in [6, 6.07) is 1.41. The van der Waals surface area contributed by atoms with Crippen LogP contribution in [-0.2, 0) is 16.1 Å². The van der Waals surface area contributed by atoms with Gasteiger partial charge in [0.2, 0.25) is 5.43 Å². The highest BCUT2D eigenvalue weighted by Gasteiger charge is 2.08. The molecule has 0 spiro atoms. The second-order valence-electron chi connectivity index (χ2n) is 5.98. The number of hydrogen-bond acceptors (Lipinski definition) is 4. The van der Waals surface area contributed by atoms with Gasteiger partial charge in [-0.05, 0) is 18.3 Å². The minimum absolute atomic E-state index is 0.0765. The molecule has 0 radical (unpaired) electrons. The SMILES string of the molecule is CC(C)CCOc1c[nH]c(COC(=O)CC(C)C)cc1=O. The molecule has 0 aliphatic rings. The lowest BCUT2D eigenvalue weighted by atomic mass is 10.1. The van der Waals surface area contributed by atoms with Crippen molar-refractivity contribution in [3.63, 3.8) is 0 Å². The van der Waals surface area contributed by atoms with E-state index in [0.717, 1.165) is 6.42 Å². The number of aromatic amines is 1. The number of aromatic nitrogens is 1. The minimum Gasteiger partial charge on any atom is -0.488 e. The van der Waals surface area contributed by atoms with Crippen molar-refractivity contribution in [2.45, 2.75) is 47.1 Å². The van der Waals surface area contributed by atoms with Gasteiger partial charge in [0, 0.05) is 18.7 Å². The molecule has 21 heavy (non-hydrogen) atoms. The molecule has 0 aliphatic carbocycles. The summed E-state index contributed by atoms with van der Waals surface area (Å²) in [4.78, 5) is 26.2. The molecule has 0 saturated heterocycles. The van der Waals surface area contributed by atoms with Gasteiger partial charge >= 0.3 is 5.97 Å². The summed E-state index contributed by atoms with van der Waals surface area (Å²) in [5.74, 6) is 0.827. The third-order valence-electron chi connectivity index (χ3n) is 2.85. The van der Waals surface area contributed by atoms with Gasteiger partial charge in [0.05, 0.1) is 12.3 Å². The molecule has 1 heterocycles. The Kier molecular flexibility index (Phi) is 6.99. The lowest BCUT2D eigenvalue weighted by Gasteiger charge is -2.09. The van der Waals surface area contributed by atoms with Crippen LogP contribution in [0, 0.1) is 11.8 Å². The van der Waals surface area contributed by atoms with E-state index in [9.17, 15) is 9.59 Å². The molecular formula is C16H25NO4. The van der Waals surface area contributed by atoms with Crippen molar-refractivity contribution >= 4 is 5.97 Å². The second kappa shape index (κ2) is 8.49. The fraction of sp³-hybridized carbons (Fsp3) is 0.625. The predicted molar refractivity (Wildman–Crippen MR) is 81.3 cm³/mol. The van der Waals surface area contributed by atoms with E-state index in [0.29, 0.717) is 30.4 Å². The monoisotopic (exact) mass is 295 g/mol. The third kappa shape index (κ3) is 6.97. The fourth-order valence-electron chi connectivity index (χ4n) is 1.65. The summed E-state index contributed by atoms with van der Waals surface area (Å²) in [5.41, 5.74) is 0.362. The molecule has 0 fully saturated rings. The Morgan fingerprint density at radius 1 is 1.24 bits per heavy atom. The van der Waals surface area contributed by atoms with Crippen LogP contribution in [-0.4, -0.2) is 17.6 Å². The zero-order valence-corrected chi connectivity index (χ0v) is 13.3. The molecular weight excluding hydrogens is 270 g/mol. The van der Waals surface area contributed by atoms with Gasteiger partial charge in [0.25, 0.3) is 0 Å². The molecule has 5 heteroatoms. The van der Waals surface area contributed by atoms with Crippen molar-refractivity contribution < 1.29 is 14.3 Å². The third-order valence-corrected chi connectivity index (χ3v) is 2.85. The van der Waals surface area contributed by atoms with Crippen molar-refractivity contribution in [3.05, 3.63) is 28.2 Å². The first-order valence-corrected chi connectivity index (χ1v) is 7.38. The van der Waals surface area contributed by atoms with Crippen LogP contribution in [0.15, 0.2) is 17.1 Å². The van der Waals surface area contributed by atoms with Crippen LogP contribution in [0.5, 0.6) is 5.75 Å². The molecule has 0 bridgehead atoms. The average molecular weight is 295 g/mol. The van der Waals surface area contributed by atoms with E-state index in [-0.39, 0.29) is 23.9 Å². The van der Waals surface area contributed by atoms with E-state index in [1.807, 2.05) is 13.8 Å². The summed E-state index contributed by atoms with van der Waals surface area (Å²) >= 11 is 0. The smallest absolute Gasteiger partial charge is 0.306 e. The van der Waals surface area contributed by atoms with Crippen LogP contribution in [0.3, 0.4) is 0 Å². The van der Waals surface area contributed by atoms with Crippen molar-refractivity contribution in [2.75, 3.05) is 6.61 Å². The molecule has 1 aromatic heterocycles. The van der Waals surface area contributed by atoms with Gasteiger partial charge < -0.3 is 14.5 Å². The first kappa shape index (κ1) is 17.3. The molecule has 1 N–H and O–H groups in total. The molecule has 5 nitrogen and oxygen atoms in total. The Hall–Kier alpha value is -1.78. The molecule has 118 valence electrons. The first-order valence-electron chi connectivity index (χ1n) is 7.38. The zero-order valence-electron chi connectivity index (χ0n) is 13.3. The molecule has 0 aromatic carbocycles. The number of carbonyl (C=O) groups is 1. The van der Waals surface area contributed by atoms with E-state index >= 15 is 0 Å². The van der Waals surface area contributed by atoms with Crippen molar-refractivity contribution in [3.8, 4) is 5.75 Å². The Morgan fingerprint density at radius 3 is 2.52 bits per heavy atom. The average Bonchev–Trinajstić information content (AvgIpc) is 2.37. The highest BCUT2D eigenvalue weighted by molar-refractivity contribution is 5.69. The van der Waals surface area contributed by atoms with Gasteiger partial charge in [-0.3, -0.25) is 9.59 Å². The molecule has 0 atom stereocenters. The van der Waals surface area contributed by atoms with Crippen molar-refractivity contribution in [1.82, 2.24) is 4.98 Å². The normalized spacial score (nSPS) is 11.0. The maximum Gasteiger partial charge on any atom is 0.306 e. The largest absolute Gasteiger partial charge is 0.488 e. The van der Waals surface area contributed by atoms with Crippen LogP contribution in [0.25, 0.3) is 0 Å². The number of pyridine rings is 1. The van der Waals surface area contributed by atoms with E-state index in [1.165, 1.54) is 12.3 Å². The van der Waals surface area contributed by atoms with E-state index < -0.39 is 0 Å². The Morgan fingerprint density at radius 2 is 1.95 bits per heavy atom. The molecule has 0 amide bonds. The highest BCUT2D eigenvalue weighted by Crippen LogP contribution is 2.07. The van der Waals surface area contributed by atoms with Crippen LogP contribution in [0.2, 0.25) is 0 Å². The lowest BCUT2D eigenvalue weighted by Crippen LogP contribution is -2.13. The Balaban J connectivity index is 2.50. The number of esters is 1. The topological polar surface area (TPSA) is 68.4 Å². The van der Waals surface area contributed by atoms with Crippen LogP contribution in [0.1, 0.15) is 46.2 Å². The Bertz CT molecular complexity index is 505. The van der Waals surface area contributed by atoms with Crippen LogP contribution in [0.4, 0.5) is 0 Å². The maximum atomic E-state index is 11.9. The Labute approximate surface area is 125 Å². The molecule has 1 aromatic rings. The number of ether oxygens (including phenoxy) is 2. The number of hydrogen-bond donors (Lipinski definition) is 1. The molecule has 0 aliphatic heterocycles.